The maximum Gasteiger partial charge on any atom is 0.249 e. The van der Waals surface area contributed by atoms with Crippen molar-refractivity contribution in [1.29, 1.82) is 5.26 Å². The molecule has 3 aromatic rings. The van der Waals surface area contributed by atoms with Gasteiger partial charge in [-0.25, -0.2) is 9.97 Å². The summed E-state index contributed by atoms with van der Waals surface area (Å²) in [5.74, 6) is 0.845. The van der Waals surface area contributed by atoms with Crippen molar-refractivity contribution < 1.29 is 4.42 Å². The standard InChI is InChI=1S/C12H8N6OS/c1-7-14-12(20-18-7)17-16-9(6-13)11-15-8-4-2-3-5-10(8)19-11/h2-5,9H,1H3. The van der Waals surface area contributed by atoms with E-state index in [9.17, 15) is 0 Å². The summed E-state index contributed by atoms with van der Waals surface area (Å²) in [6, 6.07) is 8.38. The predicted octanol–water partition coefficient (Wildman–Crippen LogP) is 3.34. The Morgan fingerprint density at radius 3 is 2.90 bits per heavy atom. The highest BCUT2D eigenvalue weighted by Gasteiger charge is 2.17. The molecular formula is C12H8N6OS. The predicted molar refractivity (Wildman–Crippen MR) is 71.5 cm³/mol. The Morgan fingerprint density at radius 2 is 2.20 bits per heavy atom. The minimum absolute atomic E-state index is 0.221. The van der Waals surface area contributed by atoms with Gasteiger partial charge in [-0.1, -0.05) is 12.1 Å². The van der Waals surface area contributed by atoms with Gasteiger partial charge in [0.05, 0.1) is 0 Å². The highest BCUT2D eigenvalue weighted by molar-refractivity contribution is 7.09. The van der Waals surface area contributed by atoms with E-state index < -0.39 is 6.04 Å². The normalized spacial score (nSPS) is 12.8. The third kappa shape index (κ3) is 2.39. The average Bonchev–Trinajstić information content (AvgIpc) is 3.05. The van der Waals surface area contributed by atoms with E-state index in [0.717, 1.165) is 11.5 Å². The van der Waals surface area contributed by atoms with E-state index in [1.54, 1.807) is 13.0 Å². The van der Waals surface area contributed by atoms with E-state index in [4.69, 9.17) is 9.68 Å². The second-order valence-electron chi connectivity index (χ2n) is 3.89. The molecule has 3 rings (SSSR count). The van der Waals surface area contributed by atoms with Gasteiger partial charge in [-0.15, -0.1) is 5.11 Å². The summed E-state index contributed by atoms with van der Waals surface area (Å²) in [7, 11) is 0. The summed E-state index contributed by atoms with van der Waals surface area (Å²) in [5.41, 5.74) is 1.30. The molecule has 0 aliphatic carbocycles. The molecule has 98 valence electrons. The van der Waals surface area contributed by atoms with Crippen LogP contribution < -0.4 is 0 Å². The van der Waals surface area contributed by atoms with E-state index in [1.165, 1.54) is 0 Å². The number of azo groups is 1. The topological polar surface area (TPSA) is 100 Å². The first-order valence-electron chi connectivity index (χ1n) is 5.72. The van der Waals surface area contributed by atoms with E-state index in [1.807, 2.05) is 24.3 Å². The van der Waals surface area contributed by atoms with Gasteiger partial charge in [0.15, 0.2) is 5.58 Å². The summed E-state index contributed by atoms with van der Waals surface area (Å²) >= 11 is 1.12. The molecule has 1 aromatic carbocycles. The Kier molecular flexibility index (Phi) is 3.18. The van der Waals surface area contributed by atoms with Crippen LogP contribution in [0.3, 0.4) is 0 Å². The van der Waals surface area contributed by atoms with Gasteiger partial charge < -0.3 is 4.42 Å². The summed E-state index contributed by atoms with van der Waals surface area (Å²) in [6.45, 7) is 1.76. The van der Waals surface area contributed by atoms with Crippen molar-refractivity contribution in [3.05, 3.63) is 36.0 Å². The molecule has 0 saturated heterocycles. The van der Waals surface area contributed by atoms with Crippen LogP contribution in [0.15, 0.2) is 38.9 Å². The van der Waals surface area contributed by atoms with Crippen LogP contribution in [0.2, 0.25) is 0 Å². The molecule has 0 saturated carbocycles. The van der Waals surface area contributed by atoms with Crippen LogP contribution in [0, 0.1) is 18.3 Å². The number of hydrogen-bond donors (Lipinski definition) is 0. The molecule has 7 nitrogen and oxygen atoms in total. The summed E-state index contributed by atoms with van der Waals surface area (Å²) < 4.78 is 9.48. The molecule has 0 amide bonds. The SMILES string of the molecule is Cc1nsc(N=NC(C#N)c2nc3ccccc3o2)n1. The van der Waals surface area contributed by atoms with Crippen LogP contribution in [-0.4, -0.2) is 14.3 Å². The van der Waals surface area contributed by atoms with Crippen LogP contribution in [0.5, 0.6) is 0 Å². The lowest BCUT2D eigenvalue weighted by molar-refractivity contribution is 0.508. The number of rotatable bonds is 3. The van der Waals surface area contributed by atoms with Gasteiger partial charge in [0.1, 0.15) is 17.4 Å². The Morgan fingerprint density at radius 1 is 1.35 bits per heavy atom. The first-order chi connectivity index (χ1) is 9.76. The molecule has 8 heteroatoms. The molecule has 0 aliphatic rings. The van der Waals surface area contributed by atoms with Crippen LogP contribution >= 0.6 is 11.5 Å². The van der Waals surface area contributed by atoms with Gasteiger partial charge >= 0.3 is 0 Å². The number of aryl methyl sites for hydroxylation is 1. The Bertz CT molecular complexity index is 782. The molecule has 0 fully saturated rings. The molecule has 20 heavy (non-hydrogen) atoms. The van der Waals surface area contributed by atoms with Gasteiger partial charge in [0, 0.05) is 11.5 Å². The lowest BCUT2D eigenvalue weighted by atomic mass is 10.3. The molecule has 1 unspecified atom stereocenters. The largest absolute Gasteiger partial charge is 0.437 e. The zero-order valence-corrected chi connectivity index (χ0v) is 11.2. The first-order valence-corrected chi connectivity index (χ1v) is 6.50. The van der Waals surface area contributed by atoms with Crippen molar-refractivity contribution in [2.75, 3.05) is 0 Å². The van der Waals surface area contributed by atoms with E-state index in [-0.39, 0.29) is 5.89 Å². The Hall–Kier alpha value is -2.66. The lowest BCUT2D eigenvalue weighted by Gasteiger charge is -1.93. The van der Waals surface area contributed by atoms with Crippen LogP contribution in [-0.2, 0) is 0 Å². The van der Waals surface area contributed by atoms with Crippen LogP contribution in [0.1, 0.15) is 17.8 Å². The molecule has 0 spiro atoms. The zero-order chi connectivity index (χ0) is 13.9. The van der Waals surface area contributed by atoms with Gasteiger partial charge in [-0.2, -0.15) is 14.7 Å². The first kappa shape index (κ1) is 12.4. The number of benzene rings is 1. The zero-order valence-electron chi connectivity index (χ0n) is 10.4. The summed E-state index contributed by atoms with van der Waals surface area (Å²) in [6.07, 6.45) is 0. The Labute approximate surface area is 117 Å². The van der Waals surface area contributed by atoms with Crippen LogP contribution in [0.4, 0.5) is 5.13 Å². The molecule has 0 bridgehead atoms. The lowest BCUT2D eigenvalue weighted by Crippen LogP contribution is -1.90. The van der Waals surface area contributed by atoms with Crippen molar-refractivity contribution >= 4 is 27.8 Å². The fourth-order valence-electron chi connectivity index (χ4n) is 1.57. The minimum Gasteiger partial charge on any atom is -0.437 e. The van der Waals surface area contributed by atoms with Gasteiger partial charge in [-0.05, 0) is 19.1 Å². The average molecular weight is 284 g/mol. The smallest absolute Gasteiger partial charge is 0.249 e. The van der Waals surface area contributed by atoms with Crippen LogP contribution in [0.25, 0.3) is 11.1 Å². The van der Waals surface area contributed by atoms with Crippen molar-refractivity contribution in [1.82, 2.24) is 14.3 Å². The fourth-order valence-corrected chi connectivity index (χ4v) is 2.08. The number of hydrogen-bond acceptors (Lipinski definition) is 8. The van der Waals surface area contributed by atoms with Gasteiger partial charge in [0.2, 0.25) is 17.1 Å². The van der Waals surface area contributed by atoms with Crippen molar-refractivity contribution in [3.8, 4) is 6.07 Å². The molecule has 2 heterocycles. The van der Waals surface area contributed by atoms with Crippen molar-refractivity contribution in [2.24, 2.45) is 10.2 Å². The monoisotopic (exact) mass is 284 g/mol. The molecule has 0 radical (unpaired) electrons. The van der Waals surface area contributed by atoms with E-state index in [0.29, 0.717) is 22.1 Å². The van der Waals surface area contributed by atoms with Crippen molar-refractivity contribution in [2.45, 2.75) is 13.0 Å². The molecule has 2 aromatic heterocycles. The van der Waals surface area contributed by atoms with Crippen molar-refractivity contribution in [3.63, 3.8) is 0 Å². The highest BCUT2D eigenvalue weighted by Crippen LogP contribution is 2.24. The minimum atomic E-state index is -0.897. The number of nitrogens with zero attached hydrogens (tertiary/aromatic N) is 6. The Balaban J connectivity index is 1.90. The molecule has 0 aliphatic heterocycles. The molecule has 0 N–H and O–H groups in total. The third-order valence-electron chi connectivity index (χ3n) is 2.44. The third-order valence-corrected chi connectivity index (χ3v) is 3.13. The second kappa shape index (κ2) is 5.14. The second-order valence-corrected chi connectivity index (χ2v) is 4.62. The molecular weight excluding hydrogens is 276 g/mol. The summed E-state index contributed by atoms with van der Waals surface area (Å²) in [4.78, 5) is 8.27. The number of para-hydroxylation sites is 2. The van der Waals surface area contributed by atoms with Gasteiger partial charge in [0.25, 0.3) is 0 Å². The number of nitriles is 1. The van der Waals surface area contributed by atoms with E-state index in [2.05, 4.69) is 24.6 Å². The number of fused-ring (bicyclic) bond motifs is 1. The summed E-state index contributed by atoms with van der Waals surface area (Å²) in [5, 5.41) is 17.4. The number of oxazole rings is 1. The number of aromatic nitrogens is 3. The fraction of sp³-hybridized carbons (Fsp3) is 0.167. The maximum absolute atomic E-state index is 9.15. The van der Waals surface area contributed by atoms with Gasteiger partial charge in [-0.3, -0.25) is 0 Å². The van der Waals surface area contributed by atoms with E-state index >= 15 is 0 Å². The maximum atomic E-state index is 9.15. The highest BCUT2D eigenvalue weighted by atomic mass is 32.1. The quantitative estimate of drug-likeness (QED) is 0.686. The molecule has 1 atom stereocenters.